The van der Waals surface area contributed by atoms with E-state index in [-0.39, 0.29) is 11.7 Å². The van der Waals surface area contributed by atoms with Crippen LogP contribution in [0.1, 0.15) is 28.8 Å². The van der Waals surface area contributed by atoms with Crippen molar-refractivity contribution in [2.75, 3.05) is 26.2 Å². The van der Waals surface area contributed by atoms with Crippen LogP contribution in [0.2, 0.25) is 0 Å². The van der Waals surface area contributed by atoms with Crippen LogP contribution in [0, 0.1) is 12.7 Å². The maximum atomic E-state index is 13.3. The van der Waals surface area contributed by atoms with Gasteiger partial charge in [-0.25, -0.2) is 9.37 Å². The Morgan fingerprint density at radius 1 is 1.11 bits per heavy atom. The summed E-state index contributed by atoms with van der Waals surface area (Å²) >= 11 is 0. The number of benzene rings is 2. The first-order valence-electron chi connectivity index (χ1n) is 9.78. The molecule has 1 aliphatic heterocycles. The molecule has 1 aliphatic rings. The topological polar surface area (TPSA) is 45.2 Å². The van der Waals surface area contributed by atoms with Gasteiger partial charge in [0, 0.05) is 24.0 Å². The molecule has 1 saturated heterocycles. The summed E-state index contributed by atoms with van der Waals surface area (Å²) in [6, 6.07) is 13.9. The van der Waals surface area contributed by atoms with Crippen LogP contribution >= 0.6 is 0 Å². The van der Waals surface area contributed by atoms with Crippen LogP contribution in [-0.4, -0.2) is 42.0 Å². The molecular weight excluding hydrogens is 353 g/mol. The monoisotopic (exact) mass is 377 g/mol. The lowest BCUT2D eigenvalue weighted by molar-refractivity contribution is 0.0951. The minimum absolute atomic E-state index is 0.0967. The Morgan fingerprint density at radius 3 is 2.61 bits per heavy atom. The smallest absolute Gasteiger partial charge is 0.252 e. The second-order valence-electron chi connectivity index (χ2n) is 7.39. The number of nitrogens with one attached hydrogen (secondary N) is 1. The fraction of sp³-hybridized carbons (Fsp3) is 0.304. The van der Waals surface area contributed by atoms with Crippen molar-refractivity contribution in [2.45, 2.75) is 19.8 Å². The van der Waals surface area contributed by atoms with Crippen LogP contribution in [0.5, 0.6) is 0 Å². The first kappa shape index (κ1) is 18.6. The lowest BCUT2D eigenvalue weighted by Gasteiger charge is -2.15. The highest BCUT2D eigenvalue weighted by molar-refractivity contribution is 6.07. The molecule has 4 rings (SSSR count). The van der Waals surface area contributed by atoms with Crippen molar-refractivity contribution in [3.05, 3.63) is 65.5 Å². The molecule has 5 heteroatoms. The number of likely N-dealkylation sites (tertiary alicyclic amines) is 1. The fourth-order valence-corrected chi connectivity index (χ4v) is 3.73. The highest BCUT2D eigenvalue weighted by Gasteiger charge is 2.16. The average molecular weight is 377 g/mol. The lowest BCUT2D eigenvalue weighted by atomic mass is 10.0. The molecule has 144 valence electrons. The Bertz CT molecular complexity index is 995. The third-order valence-electron chi connectivity index (χ3n) is 5.26. The van der Waals surface area contributed by atoms with Crippen LogP contribution in [0.15, 0.2) is 48.5 Å². The molecule has 4 nitrogen and oxygen atoms in total. The average Bonchev–Trinajstić information content (AvgIpc) is 3.21. The number of nitrogens with zero attached hydrogens (tertiary/aromatic N) is 2. The minimum atomic E-state index is -0.292. The number of carbonyl (C=O) groups is 1. The summed E-state index contributed by atoms with van der Waals surface area (Å²) in [7, 11) is 0. The molecule has 0 saturated carbocycles. The third-order valence-corrected chi connectivity index (χ3v) is 5.26. The zero-order valence-electron chi connectivity index (χ0n) is 16.0. The summed E-state index contributed by atoms with van der Waals surface area (Å²) in [6.07, 6.45) is 2.48. The van der Waals surface area contributed by atoms with Crippen molar-refractivity contribution >= 4 is 16.8 Å². The van der Waals surface area contributed by atoms with Crippen molar-refractivity contribution in [1.82, 2.24) is 15.2 Å². The van der Waals surface area contributed by atoms with E-state index < -0.39 is 0 Å². The van der Waals surface area contributed by atoms with E-state index in [4.69, 9.17) is 4.98 Å². The van der Waals surface area contributed by atoms with Gasteiger partial charge in [0.15, 0.2) is 0 Å². The van der Waals surface area contributed by atoms with Gasteiger partial charge >= 0.3 is 0 Å². The van der Waals surface area contributed by atoms with Gasteiger partial charge in [-0.15, -0.1) is 0 Å². The van der Waals surface area contributed by atoms with Crippen LogP contribution in [-0.2, 0) is 0 Å². The standard InChI is InChI=1S/C23H24FN3O/c1-16-4-9-21-19(14-16)20(23(28)25-10-13-27-11-2-3-12-27)15-22(26-21)17-5-7-18(24)8-6-17/h4-9,14-15H,2-3,10-13H2,1H3,(H,25,28). The molecule has 0 unspecified atom stereocenters. The minimum Gasteiger partial charge on any atom is -0.351 e. The van der Waals surface area contributed by atoms with Gasteiger partial charge in [-0.3, -0.25) is 4.79 Å². The number of halogens is 1. The number of fused-ring (bicyclic) bond motifs is 1. The summed E-state index contributed by atoms with van der Waals surface area (Å²) in [6.45, 7) is 5.73. The maximum Gasteiger partial charge on any atom is 0.252 e. The van der Waals surface area contributed by atoms with E-state index >= 15 is 0 Å². The number of pyridine rings is 1. The van der Waals surface area contributed by atoms with E-state index in [2.05, 4.69) is 10.2 Å². The molecule has 2 aromatic carbocycles. The van der Waals surface area contributed by atoms with Gasteiger partial charge in [0.05, 0.1) is 16.8 Å². The fourth-order valence-electron chi connectivity index (χ4n) is 3.73. The quantitative estimate of drug-likeness (QED) is 0.726. The van der Waals surface area contributed by atoms with E-state index in [9.17, 15) is 9.18 Å². The largest absolute Gasteiger partial charge is 0.351 e. The predicted octanol–water partition coefficient (Wildman–Crippen LogP) is 4.17. The van der Waals surface area contributed by atoms with Gasteiger partial charge in [0.25, 0.3) is 5.91 Å². The summed E-state index contributed by atoms with van der Waals surface area (Å²) in [5.74, 6) is -0.388. The Hall–Kier alpha value is -2.79. The molecule has 0 bridgehead atoms. The molecular formula is C23H24FN3O. The first-order valence-corrected chi connectivity index (χ1v) is 9.78. The van der Waals surface area contributed by atoms with Crippen molar-refractivity contribution in [3.63, 3.8) is 0 Å². The molecule has 0 spiro atoms. The van der Waals surface area contributed by atoms with Gasteiger partial charge in [-0.2, -0.15) is 0 Å². The third kappa shape index (κ3) is 4.04. The highest BCUT2D eigenvalue weighted by atomic mass is 19.1. The Labute approximate surface area is 164 Å². The van der Waals surface area contributed by atoms with Crippen LogP contribution in [0.25, 0.3) is 22.2 Å². The second-order valence-corrected chi connectivity index (χ2v) is 7.39. The molecule has 1 amide bonds. The van der Waals surface area contributed by atoms with E-state index in [0.29, 0.717) is 17.8 Å². The van der Waals surface area contributed by atoms with Gasteiger partial charge in [-0.05, 0) is 75.3 Å². The zero-order valence-corrected chi connectivity index (χ0v) is 16.0. The number of hydrogen-bond donors (Lipinski definition) is 1. The number of carbonyl (C=O) groups excluding carboxylic acids is 1. The van der Waals surface area contributed by atoms with Gasteiger partial charge in [0.2, 0.25) is 0 Å². The SMILES string of the molecule is Cc1ccc2nc(-c3ccc(F)cc3)cc(C(=O)NCCN3CCCC3)c2c1. The first-order chi connectivity index (χ1) is 13.6. The summed E-state index contributed by atoms with van der Waals surface area (Å²) < 4.78 is 13.3. The Balaban J connectivity index is 1.65. The number of aromatic nitrogens is 1. The van der Waals surface area contributed by atoms with Crippen LogP contribution in [0.4, 0.5) is 4.39 Å². The van der Waals surface area contributed by atoms with E-state index in [1.165, 1.54) is 25.0 Å². The van der Waals surface area contributed by atoms with E-state index in [0.717, 1.165) is 41.7 Å². The maximum absolute atomic E-state index is 13.3. The van der Waals surface area contributed by atoms with Crippen molar-refractivity contribution in [2.24, 2.45) is 0 Å². The lowest BCUT2D eigenvalue weighted by Crippen LogP contribution is -2.33. The van der Waals surface area contributed by atoms with Gasteiger partial charge in [-0.1, -0.05) is 11.6 Å². The van der Waals surface area contributed by atoms with Crippen LogP contribution in [0.3, 0.4) is 0 Å². The molecule has 0 aliphatic carbocycles. The highest BCUT2D eigenvalue weighted by Crippen LogP contribution is 2.26. The number of rotatable bonds is 5. The zero-order chi connectivity index (χ0) is 19.5. The molecule has 3 aromatic rings. The summed E-state index contributed by atoms with van der Waals surface area (Å²) in [5, 5.41) is 3.89. The summed E-state index contributed by atoms with van der Waals surface area (Å²) in [5.41, 5.74) is 3.90. The second kappa shape index (κ2) is 8.07. The molecule has 2 heterocycles. The summed E-state index contributed by atoms with van der Waals surface area (Å²) in [4.78, 5) is 20.0. The molecule has 28 heavy (non-hydrogen) atoms. The molecule has 1 N–H and O–H groups in total. The van der Waals surface area contributed by atoms with Gasteiger partial charge in [0.1, 0.15) is 5.82 Å². The number of aryl methyl sites for hydroxylation is 1. The molecule has 1 aromatic heterocycles. The Kier molecular flexibility index (Phi) is 5.35. The predicted molar refractivity (Wildman–Crippen MR) is 110 cm³/mol. The Morgan fingerprint density at radius 2 is 1.86 bits per heavy atom. The number of amides is 1. The van der Waals surface area contributed by atoms with Gasteiger partial charge < -0.3 is 10.2 Å². The van der Waals surface area contributed by atoms with Crippen molar-refractivity contribution in [1.29, 1.82) is 0 Å². The van der Waals surface area contributed by atoms with Crippen molar-refractivity contribution in [3.8, 4) is 11.3 Å². The molecule has 1 fully saturated rings. The van der Waals surface area contributed by atoms with Crippen molar-refractivity contribution < 1.29 is 9.18 Å². The van der Waals surface area contributed by atoms with E-state index in [1.807, 2.05) is 25.1 Å². The van der Waals surface area contributed by atoms with E-state index in [1.54, 1.807) is 18.2 Å². The normalized spacial score (nSPS) is 14.5. The number of hydrogen-bond acceptors (Lipinski definition) is 3. The molecule has 0 radical (unpaired) electrons. The molecule has 0 atom stereocenters. The van der Waals surface area contributed by atoms with Crippen LogP contribution < -0.4 is 5.32 Å².